The minimum absolute atomic E-state index is 0.0118. The van der Waals surface area contributed by atoms with Crippen molar-refractivity contribution < 1.29 is 24.2 Å². The van der Waals surface area contributed by atoms with Gasteiger partial charge in [0, 0.05) is 29.8 Å². The van der Waals surface area contributed by atoms with E-state index < -0.39 is 27.8 Å². The van der Waals surface area contributed by atoms with Gasteiger partial charge in [0.25, 0.3) is 17.3 Å². The molecule has 11 heteroatoms. The quantitative estimate of drug-likeness (QED) is 0.309. The van der Waals surface area contributed by atoms with Crippen molar-refractivity contribution in [2.24, 2.45) is 0 Å². The summed E-state index contributed by atoms with van der Waals surface area (Å²) in [5.41, 5.74) is 0.00880. The number of rotatable bonds is 7. The predicted octanol–water partition coefficient (Wildman–Crippen LogP) is 4.69. The van der Waals surface area contributed by atoms with E-state index in [1.54, 1.807) is 30.3 Å². The molecule has 0 aliphatic rings. The number of non-ortho nitro benzene ring substituents is 2. The van der Waals surface area contributed by atoms with Crippen LogP contribution in [0.1, 0.15) is 22.0 Å². The molecule has 0 saturated heterocycles. The van der Waals surface area contributed by atoms with Crippen molar-refractivity contribution in [1.82, 2.24) is 0 Å². The second-order valence-corrected chi connectivity index (χ2v) is 6.82. The number of hydrogen-bond donors (Lipinski definition) is 1. The first-order chi connectivity index (χ1) is 15.3. The highest BCUT2D eigenvalue weighted by molar-refractivity contribution is 6.34. The van der Waals surface area contributed by atoms with E-state index >= 15 is 0 Å². The first kappa shape index (κ1) is 22.4. The number of nitro groups is 2. The normalized spacial score (nSPS) is 11.3. The number of anilines is 1. The molecule has 1 N–H and O–H groups in total. The molecule has 162 valence electrons. The maximum atomic E-state index is 12.9. The number of nitrogens with one attached hydrogen (secondary N) is 1. The lowest BCUT2D eigenvalue weighted by Gasteiger charge is -2.18. The van der Waals surface area contributed by atoms with Crippen LogP contribution in [0, 0.1) is 20.2 Å². The minimum Gasteiger partial charge on any atom is -0.444 e. The maximum Gasteiger partial charge on any atom is 0.339 e. The smallest absolute Gasteiger partial charge is 0.339 e. The van der Waals surface area contributed by atoms with E-state index in [2.05, 4.69) is 5.32 Å². The first-order valence-electron chi connectivity index (χ1n) is 9.01. The molecule has 0 spiro atoms. The van der Waals surface area contributed by atoms with Gasteiger partial charge in [-0.2, -0.15) is 0 Å². The summed E-state index contributed by atoms with van der Waals surface area (Å²) in [4.78, 5) is 45.9. The van der Waals surface area contributed by atoms with Gasteiger partial charge >= 0.3 is 5.97 Å². The highest BCUT2D eigenvalue weighted by Gasteiger charge is 2.27. The number of carbonyl (C=O) groups excluding carboxylic acids is 2. The van der Waals surface area contributed by atoms with Crippen molar-refractivity contribution >= 4 is 40.5 Å². The molecule has 0 aliphatic carbocycles. The summed E-state index contributed by atoms with van der Waals surface area (Å²) in [6, 6.07) is 16.4. The van der Waals surface area contributed by atoms with Gasteiger partial charge in [-0.1, -0.05) is 41.9 Å². The molecule has 0 aliphatic heterocycles. The number of nitro benzene ring substituents is 2. The predicted molar refractivity (Wildman–Crippen MR) is 114 cm³/mol. The minimum atomic E-state index is -1.38. The molecular weight excluding hydrogens is 442 g/mol. The Bertz CT molecular complexity index is 1180. The summed E-state index contributed by atoms with van der Waals surface area (Å²) >= 11 is 6.03. The van der Waals surface area contributed by atoms with Gasteiger partial charge in [0.2, 0.25) is 6.10 Å². The van der Waals surface area contributed by atoms with Gasteiger partial charge in [0.05, 0.1) is 26.1 Å². The fourth-order valence-corrected chi connectivity index (χ4v) is 2.93. The molecule has 1 unspecified atom stereocenters. The third-order valence-electron chi connectivity index (χ3n) is 4.30. The van der Waals surface area contributed by atoms with Gasteiger partial charge in [0.15, 0.2) is 0 Å². The Hall–Kier alpha value is -4.31. The topological polar surface area (TPSA) is 142 Å². The fraction of sp³-hybridized carbons (Fsp3) is 0.0476. The highest BCUT2D eigenvalue weighted by Crippen LogP contribution is 2.29. The van der Waals surface area contributed by atoms with E-state index in [9.17, 15) is 29.8 Å². The average molecular weight is 456 g/mol. The van der Waals surface area contributed by atoms with Crippen molar-refractivity contribution in [2.75, 3.05) is 5.32 Å². The molecule has 0 heterocycles. The molecule has 0 fully saturated rings. The molecule has 1 atom stereocenters. The second-order valence-electron chi connectivity index (χ2n) is 6.41. The van der Waals surface area contributed by atoms with Crippen LogP contribution in [0.15, 0.2) is 72.8 Å². The van der Waals surface area contributed by atoms with Crippen LogP contribution in [-0.4, -0.2) is 21.7 Å². The van der Waals surface area contributed by atoms with E-state index in [0.717, 1.165) is 18.2 Å². The van der Waals surface area contributed by atoms with Crippen molar-refractivity contribution in [3.63, 3.8) is 0 Å². The SMILES string of the molecule is O=C(OC(C(=O)Nc1ccc([N+](=O)[O-])cc1Cl)c1ccccc1)c1ccc([N+](=O)[O-])cc1. The highest BCUT2D eigenvalue weighted by atomic mass is 35.5. The number of amides is 1. The Morgan fingerprint density at radius 3 is 2.03 bits per heavy atom. The number of ether oxygens (including phenoxy) is 1. The Morgan fingerprint density at radius 2 is 1.47 bits per heavy atom. The summed E-state index contributed by atoms with van der Waals surface area (Å²) in [7, 11) is 0. The van der Waals surface area contributed by atoms with Gasteiger partial charge in [-0.15, -0.1) is 0 Å². The zero-order chi connectivity index (χ0) is 23.3. The molecule has 3 rings (SSSR count). The van der Waals surface area contributed by atoms with Crippen LogP contribution in [0.5, 0.6) is 0 Å². The summed E-state index contributed by atoms with van der Waals surface area (Å²) < 4.78 is 5.39. The fourth-order valence-electron chi connectivity index (χ4n) is 2.71. The summed E-state index contributed by atoms with van der Waals surface area (Å²) in [5, 5.41) is 24.1. The van der Waals surface area contributed by atoms with Crippen LogP contribution >= 0.6 is 11.6 Å². The summed E-state index contributed by atoms with van der Waals surface area (Å²) in [6.07, 6.45) is -1.38. The molecule has 0 aromatic heterocycles. The molecule has 0 radical (unpaired) electrons. The number of carbonyl (C=O) groups is 2. The van der Waals surface area contributed by atoms with Crippen LogP contribution in [-0.2, 0) is 9.53 Å². The van der Waals surface area contributed by atoms with Gasteiger partial charge in [-0.25, -0.2) is 4.79 Å². The largest absolute Gasteiger partial charge is 0.444 e. The average Bonchev–Trinajstić information content (AvgIpc) is 2.79. The number of esters is 1. The van der Waals surface area contributed by atoms with Crippen LogP contribution in [0.3, 0.4) is 0 Å². The molecular formula is C21H14ClN3O7. The Morgan fingerprint density at radius 1 is 0.875 bits per heavy atom. The van der Waals surface area contributed by atoms with Gasteiger partial charge in [-0.3, -0.25) is 25.0 Å². The molecule has 0 bridgehead atoms. The standard InChI is InChI=1S/C21H14ClN3O7/c22-17-12-16(25(30)31)10-11-18(17)23-20(26)19(13-4-2-1-3-5-13)32-21(27)14-6-8-15(9-7-14)24(28)29/h1-12,19H,(H,23,26). The van der Waals surface area contributed by atoms with Crippen LogP contribution < -0.4 is 5.32 Å². The van der Waals surface area contributed by atoms with Crippen molar-refractivity contribution in [1.29, 1.82) is 0 Å². The Balaban J connectivity index is 1.84. The van der Waals surface area contributed by atoms with Crippen LogP contribution in [0.2, 0.25) is 5.02 Å². The summed E-state index contributed by atoms with van der Waals surface area (Å²) in [5.74, 6) is -1.62. The monoisotopic (exact) mass is 455 g/mol. The first-order valence-corrected chi connectivity index (χ1v) is 9.39. The lowest BCUT2D eigenvalue weighted by Crippen LogP contribution is -2.26. The number of nitrogens with zero attached hydrogens (tertiary/aromatic N) is 2. The van der Waals surface area contributed by atoms with Gasteiger partial charge < -0.3 is 10.1 Å². The Kier molecular flexibility index (Phi) is 6.76. The third kappa shape index (κ3) is 5.24. The molecule has 3 aromatic carbocycles. The maximum absolute atomic E-state index is 12.9. The van der Waals surface area contributed by atoms with E-state index in [-0.39, 0.29) is 27.6 Å². The number of hydrogen-bond acceptors (Lipinski definition) is 7. The van der Waals surface area contributed by atoms with Crippen molar-refractivity contribution in [3.8, 4) is 0 Å². The third-order valence-corrected chi connectivity index (χ3v) is 4.61. The molecule has 1 amide bonds. The number of halogens is 1. The van der Waals surface area contributed by atoms with E-state index in [1.165, 1.54) is 24.3 Å². The van der Waals surface area contributed by atoms with E-state index in [1.807, 2.05) is 0 Å². The lowest BCUT2D eigenvalue weighted by atomic mass is 10.1. The zero-order valence-electron chi connectivity index (χ0n) is 16.1. The number of benzene rings is 3. The van der Waals surface area contributed by atoms with Crippen molar-refractivity contribution in [3.05, 3.63) is 109 Å². The lowest BCUT2D eigenvalue weighted by molar-refractivity contribution is -0.385. The van der Waals surface area contributed by atoms with Crippen molar-refractivity contribution in [2.45, 2.75) is 6.10 Å². The van der Waals surface area contributed by atoms with Crippen LogP contribution in [0.25, 0.3) is 0 Å². The second kappa shape index (κ2) is 9.67. The van der Waals surface area contributed by atoms with Crippen LogP contribution in [0.4, 0.5) is 17.1 Å². The molecule has 3 aromatic rings. The molecule has 32 heavy (non-hydrogen) atoms. The van der Waals surface area contributed by atoms with Gasteiger partial charge in [0.1, 0.15) is 0 Å². The molecule has 10 nitrogen and oxygen atoms in total. The summed E-state index contributed by atoms with van der Waals surface area (Å²) in [6.45, 7) is 0. The van der Waals surface area contributed by atoms with E-state index in [0.29, 0.717) is 5.56 Å². The zero-order valence-corrected chi connectivity index (χ0v) is 16.9. The van der Waals surface area contributed by atoms with E-state index in [4.69, 9.17) is 16.3 Å². The molecule has 0 saturated carbocycles. The van der Waals surface area contributed by atoms with Gasteiger partial charge in [-0.05, 0) is 18.2 Å². The Labute approximate surface area is 185 Å².